The number of benzene rings is 2. The van der Waals surface area contributed by atoms with Crippen molar-refractivity contribution in [2.75, 3.05) is 33.3 Å². The molecule has 0 N–H and O–H groups in total. The molecule has 0 saturated carbocycles. The molecule has 1 saturated heterocycles. The summed E-state index contributed by atoms with van der Waals surface area (Å²) in [5.74, 6) is 1.17. The maximum absolute atomic E-state index is 12.9. The number of nitrogens with zero attached hydrogens (tertiary/aromatic N) is 4. The highest BCUT2D eigenvalue weighted by Crippen LogP contribution is 2.32. The van der Waals surface area contributed by atoms with E-state index in [2.05, 4.69) is 16.1 Å². The Bertz CT molecular complexity index is 1060. The van der Waals surface area contributed by atoms with Crippen molar-refractivity contribution in [2.24, 2.45) is 0 Å². The molecule has 0 atom stereocenters. The molecule has 1 fully saturated rings. The number of hydrogen-bond acceptors (Lipinski definition) is 5. The fourth-order valence-electron chi connectivity index (χ4n) is 3.60. The first-order valence-electron chi connectivity index (χ1n) is 10.3. The Morgan fingerprint density at radius 1 is 1.03 bits per heavy atom. The van der Waals surface area contributed by atoms with Gasteiger partial charge >= 0.3 is 0 Å². The van der Waals surface area contributed by atoms with Crippen molar-refractivity contribution in [1.29, 1.82) is 0 Å². The predicted molar refractivity (Wildman–Crippen MR) is 123 cm³/mol. The summed E-state index contributed by atoms with van der Waals surface area (Å²) in [6, 6.07) is 14.9. The molecule has 1 aromatic heterocycles. The van der Waals surface area contributed by atoms with E-state index in [0.717, 1.165) is 25.4 Å². The number of hydrogen-bond donors (Lipinski definition) is 0. The summed E-state index contributed by atoms with van der Waals surface area (Å²) in [5, 5.41) is 5.20. The minimum absolute atomic E-state index is 0.0828. The number of methoxy groups -OCH3 is 1. The van der Waals surface area contributed by atoms with Crippen molar-refractivity contribution < 1.29 is 14.3 Å². The van der Waals surface area contributed by atoms with Crippen LogP contribution in [-0.4, -0.2) is 58.8 Å². The maximum atomic E-state index is 12.9. The van der Waals surface area contributed by atoms with Crippen molar-refractivity contribution >= 4 is 29.1 Å². The second kappa shape index (κ2) is 10.3. The van der Waals surface area contributed by atoms with Crippen LogP contribution in [0.25, 0.3) is 0 Å². The smallest absolute Gasteiger partial charge is 0.274 e. The van der Waals surface area contributed by atoms with Gasteiger partial charge in [0.15, 0.2) is 18.2 Å². The molecule has 32 heavy (non-hydrogen) atoms. The van der Waals surface area contributed by atoms with Gasteiger partial charge in [0.25, 0.3) is 5.91 Å². The van der Waals surface area contributed by atoms with Crippen molar-refractivity contribution in [3.63, 3.8) is 0 Å². The van der Waals surface area contributed by atoms with Crippen LogP contribution in [0.2, 0.25) is 10.0 Å². The van der Waals surface area contributed by atoms with Crippen molar-refractivity contribution in [2.45, 2.75) is 13.3 Å². The highest BCUT2D eigenvalue weighted by atomic mass is 35.5. The molecule has 1 amide bonds. The van der Waals surface area contributed by atoms with Crippen LogP contribution in [0.15, 0.2) is 54.7 Å². The zero-order valence-electron chi connectivity index (χ0n) is 17.7. The Kier molecular flexibility index (Phi) is 7.19. The molecule has 1 aliphatic heterocycles. The minimum Gasteiger partial charge on any atom is -0.497 e. The van der Waals surface area contributed by atoms with Crippen LogP contribution >= 0.6 is 23.2 Å². The standard InChI is InChI=1S/C23H24Cl2N4O3/c1-31-18-5-2-4-17(14-18)15-27-10-12-28(13-11-27)23(30)21-8-9-29(26-21)16-32-22-19(24)6-3-7-20(22)25/h2-9,14H,10-13,15-16H2,1H3. The molecular weight excluding hydrogens is 451 g/mol. The molecule has 2 aromatic carbocycles. The van der Waals surface area contributed by atoms with Gasteiger partial charge < -0.3 is 14.4 Å². The topological polar surface area (TPSA) is 59.8 Å². The number of carbonyl (C=O) groups excluding carboxylic acids is 1. The van der Waals surface area contributed by atoms with E-state index >= 15 is 0 Å². The van der Waals surface area contributed by atoms with Crippen LogP contribution < -0.4 is 9.47 Å². The molecule has 168 valence electrons. The number of aromatic nitrogens is 2. The lowest BCUT2D eigenvalue weighted by atomic mass is 10.2. The number of piperazine rings is 1. The van der Waals surface area contributed by atoms with Gasteiger partial charge in [0, 0.05) is 38.9 Å². The van der Waals surface area contributed by atoms with Gasteiger partial charge in [-0.15, -0.1) is 0 Å². The molecule has 0 bridgehead atoms. The molecule has 0 unspecified atom stereocenters. The summed E-state index contributed by atoms with van der Waals surface area (Å²) in [7, 11) is 1.67. The molecule has 0 radical (unpaired) electrons. The molecule has 7 nitrogen and oxygen atoms in total. The van der Waals surface area contributed by atoms with E-state index in [4.69, 9.17) is 32.7 Å². The Morgan fingerprint density at radius 2 is 1.75 bits per heavy atom. The summed E-state index contributed by atoms with van der Waals surface area (Å²) in [6.45, 7) is 3.85. The molecular formula is C23H24Cl2N4O3. The molecule has 2 heterocycles. The lowest BCUT2D eigenvalue weighted by Crippen LogP contribution is -2.48. The lowest BCUT2D eigenvalue weighted by molar-refractivity contribution is 0.0621. The molecule has 3 aromatic rings. The number of amides is 1. The number of carbonyl (C=O) groups is 1. The fraction of sp³-hybridized carbons (Fsp3) is 0.304. The average molecular weight is 475 g/mol. The van der Waals surface area contributed by atoms with E-state index in [9.17, 15) is 4.79 Å². The van der Waals surface area contributed by atoms with Gasteiger partial charge in [-0.2, -0.15) is 5.10 Å². The third-order valence-electron chi connectivity index (χ3n) is 5.32. The second-order valence-corrected chi connectivity index (χ2v) is 8.30. The first kappa shape index (κ1) is 22.5. The third kappa shape index (κ3) is 5.35. The molecule has 9 heteroatoms. The van der Waals surface area contributed by atoms with E-state index in [1.165, 1.54) is 5.56 Å². The van der Waals surface area contributed by atoms with Gasteiger partial charge in [-0.05, 0) is 35.9 Å². The van der Waals surface area contributed by atoms with Crippen molar-refractivity contribution in [3.8, 4) is 11.5 Å². The number of rotatable bonds is 7. The molecule has 1 aliphatic rings. The number of para-hydroxylation sites is 1. The van der Waals surface area contributed by atoms with Gasteiger partial charge in [-0.25, -0.2) is 4.68 Å². The van der Waals surface area contributed by atoms with Gasteiger partial charge in [0.1, 0.15) is 5.75 Å². The van der Waals surface area contributed by atoms with E-state index in [1.54, 1.807) is 42.3 Å². The molecule has 0 spiro atoms. The fourth-order valence-corrected chi connectivity index (χ4v) is 4.11. The van der Waals surface area contributed by atoms with E-state index in [1.807, 2.05) is 23.1 Å². The largest absolute Gasteiger partial charge is 0.497 e. The average Bonchev–Trinajstić information content (AvgIpc) is 3.28. The maximum Gasteiger partial charge on any atom is 0.274 e. The van der Waals surface area contributed by atoms with Crippen LogP contribution in [0.5, 0.6) is 11.5 Å². The van der Waals surface area contributed by atoms with Crippen LogP contribution in [0, 0.1) is 0 Å². The zero-order chi connectivity index (χ0) is 22.5. The Balaban J connectivity index is 1.29. The first-order chi connectivity index (χ1) is 15.5. The SMILES string of the molecule is COc1cccc(CN2CCN(C(=O)c3ccn(COc4c(Cl)cccc4Cl)n3)CC2)c1. The quantitative estimate of drug-likeness (QED) is 0.513. The predicted octanol–water partition coefficient (Wildman–Crippen LogP) is 4.19. The third-order valence-corrected chi connectivity index (χ3v) is 5.91. The van der Waals surface area contributed by atoms with Gasteiger partial charge in [0.2, 0.25) is 0 Å². The summed E-state index contributed by atoms with van der Waals surface area (Å²) < 4.78 is 12.5. The van der Waals surface area contributed by atoms with Crippen LogP contribution in [0.1, 0.15) is 16.1 Å². The number of ether oxygens (including phenoxy) is 2. The van der Waals surface area contributed by atoms with Crippen LogP contribution in [0.3, 0.4) is 0 Å². The van der Waals surface area contributed by atoms with Gasteiger partial charge in [-0.3, -0.25) is 9.69 Å². The minimum atomic E-state index is -0.0828. The van der Waals surface area contributed by atoms with Crippen molar-refractivity contribution in [3.05, 3.63) is 76.0 Å². The number of halogens is 2. The van der Waals surface area contributed by atoms with Crippen molar-refractivity contribution in [1.82, 2.24) is 19.6 Å². The van der Waals surface area contributed by atoms with E-state index in [0.29, 0.717) is 34.6 Å². The van der Waals surface area contributed by atoms with Crippen LogP contribution in [0.4, 0.5) is 0 Å². The summed E-state index contributed by atoms with van der Waals surface area (Å²) in [6.07, 6.45) is 1.71. The summed E-state index contributed by atoms with van der Waals surface area (Å²) >= 11 is 12.2. The Labute approximate surface area is 197 Å². The zero-order valence-corrected chi connectivity index (χ0v) is 19.2. The highest BCUT2D eigenvalue weighted by Gasteiger charge is 2.24. The van der Waals surface area contributed by atoms with E-state index < -0.39 is 0 Å². The lowest BCUT2D eigenvalue weighted by Gasteiger charge is -2.34. The second-order valence-electron chi connectivity index (χ2n) is 7.48. The normalized spacial score (nSPS) is 14.4. The monoisotopic (exact) mass is 474 g/mol. The summed E-state index contributed by atoms with van der Waals surface area (Å²) in [4.78, 5) is 17.0. The molecule has 0 aliphatic carbocycles. The highest BCUT2D eigenvalue weighted by molar-refractivity contribution is 6.37. The Morgan fingerprint density at radius 3 is 2.47 bits per heavy atom. The van der Waals surface area contributed by atoms with E-state index in [-0.39, 0.29) is 12.6 Å². The Hall–Kier alpha value is -2.74. The van der Waals surface area contributed by atoms with Crippen LogP contribution in [-0.2, 0) is 13.3 Å². The first-order valence-corrected chi connectivity index (χ1v) is 11.0. The van der Waals surface area contributed by atoms with Gasteiger partial charge in [0.05, 0.1) is 17.2 Å². The van der Waals surface area contributed by atoms with Gasteiger partial charge in [-0.1, -0.05) is 41.4 Å². The molecule has 4 rings (SSSR count). The summed E-state index contributed by atoms with van der Waals surface area (Å²) in [5.41, 5.74) is 1.58.